The highest BCUT2D eigenvalue weighted by atomic mass is 32.2. The first kappa shape index (κ1) is 10.2. The number of aryl methyl sites for hydroxylation is 1. The fourth-order valence-electron chi connectivity index (χ4n) is 1.11. The lowest BCUT2D eigenvalue weighted by molar-refractivity contribution is 0.661. The highest BCUT2D eigenvalue weighted by Crippen LogP contribution is 1.98. The minimum Gasteiger partial charge on any atom is -0.394 e. The molecule has 0 aliphatic carbocycles. The molecule has 0 spiro atoms. The van der Waals surface area contributed by atoms with E-state index in [2.05, 4.69) is 6.26 Å². The van der Waals surface area contributed by atoms with Crippen molar-refractivity contribution in [3.8, 4) is 0 Å². The van der Waals surface area contributed by atoms with Crippen molar-refractivity contribution in [3.05, 3.63) is 28.7 Å². The van der Waals surface area contributed by atoms with Crippen molar-refractivity contribution >= 4 is 17.4 Å². The molecule has 0 atom stereocenters. The van der Waals surface area contributed by atoms with E-state index in [1.165, 1.54) is 0 Å². The predicted octanol–water partition coefficient (Wildman–Crippen LogP) is 1.18. The van der Waals surface area contributed by atoms with E-state index < -0.39 is 0 Å². The van der Waals surface area contributed by atoms with Crippen LogP contribution in [0, 0.1) is 0 Å². The summed E-state index contributed by atoms with van der Waals surface area (Å²) in [5, 5.41) is 0. The third-order valence-corrected chi connectivity index (χ3v) is 2.49. The highest BCUT2D eigenvalue weighted by Gasteiger charge is 1.97. The number of rotatable bonds is 4. The Kier molecular flexibility index (Phi) is 3.89. The molecular weight excluding hydrogens is 184 g/mol. The zero-order chi connectivity index (χ0) is 9.68. The summed E-state index contributed by atoms with van der Waals surface area (Å²) in [4.78, 5) is 11.4. The Morgan fingerprint density at radius 3 is 3.08 bits per heavy atom. The van der Waals surface area contributed by atoms with Crippen LogP contribution < -0.4 is 11.3 Å². The van der Waals surface area contributed by atoms with Gasteiger partial charge in [-0.3, -0.25) is 4.79 Å². The Labute approximate surface area is 81.9 Å². The monoisotopic (exact) mass is 198 g/mol. The zero-order valence-corrected chi connectivity index (χ0v) is 8.51. The van der Waals surface area contributed by atoms with Gasteiger partial charge in [-0.25, -0.2) is 0 Å². The third-order valence-electron chi connectivity index (χ3n) is 1.80. The number of anilines is 1. The maximum atomic E-state index is 11.4. The van der Waals surface area contributed by atoms with Crippen LogP contribution in [0.4, 0.5) is 5.69 Å². The molecule has 0 aliphatic heterocycles. The smallest absolute Gasteiger partial charge is 0.273 e. The van der Waals surface area contributed by atoms with Crippen LogP contribution in [-0.4, -0.2) is 16.6 Å². The first-order chi connectivity index (χ1) is 6.25. The molecule has 1 aromatic rings. The topological polar surface area (TPSA) is 48.0 Å². The number of nitrogens with zero attached hydrogens (tertiary/aromatic N) is 1. The number of hydrogen-bond acceptors (Lipinski definition) is 3. The van der Waals surface area contributed by atoms with Crippen LogP contribution in [0.15, 0.2) is 23.1 Å². The summed E-state index contributed by atoms with van der Waals surface area (Å²) >= 11 is 1.78. The maximum absolute atomic E-state index is 11.4. The van der Waals surface area contributed by atoms with E-state index >= 15 is 0 Å². The van der Waals surface area contributed by atoms with E-state index in [1.54, 1.807) is 34.7 Å². The molecule has 1 rings (SSSR count). The quantitative estimate of drug-likeness (QED) is 0.739. The number of pyridine rings is 1. The van der Waals surface area contributed by atoms with E-state index in [-0.39, 0.29) is 5.56 Å². The fraction of sp³-hybridized carbons (Fsp3) is 0.444. The molecule has 0 radical (unpaired) electrons. The molecular formula is C9H14N2OS. The van der Waals surface area contributed by atoms with Crippen LogP contribution in [0.2, 0.25) is 0 Å². The van der Waals surface area contributed by atoms with Crippen LogP contribution in [0.3, 0.4) is 0 Å². The van der Waals surface area contributed by atoms with Crippen LogP contribution in [0.25, 0.3) is 0 Å². The van der Waals surface area contributed by atoms with Gasteiger partial charge in [0.25, 0.3) is 5.56 Å². The van der Waals surface area contributed by atoms with Gasteiger partial charge >= 0.3 is 0 Å². The number of nitrogen functional groups attached to an aromatic ring is 1. The third kappa shape index (κ3) is 2.81. The largest absolute Gasteiger partial charge is 0.394 e. The Bertz CT molecular complexity index is 322. The van der Waals surface area contributed by atoms with E-state index in [0.717, 1.165) is 18.7 Å². The van der Waals surface area contributed by atoms with Crippen LogP contribution in [-0.2, 0) is 6.54 Å². The molecule has 4 heteroatoms. The van der Waals surface area contributed by atoms with Crippen LogP contribution in [0.1, 0.15) is 6.42 Å². The molecule has 0 bridgehead atoms. The fourth-order valence-corrected chi connectivity index (χ4v) is 1.53. The lowest BCUT2D eigenvalue weighted by Crippen LogP contribution is -2.22. The Morgan fingerprint density at radius 2 is 2.38 bits per heavy atom. The normalized spacial score (nSPS) is 10.2. The molecule has 1 aromatic heterocycles. The molecule has 72 valence electrons. The van der Waals surface area contributed by atoms with Gasteiger partial charge < -0.3 is 10.3 Å². The van der Waals surface area contributed by atoms with Gasteiger partial charge in [0.05, 0.1) is 5.69 Å². The zero-order valence-electron chi connectivity index (χ0n) is 7.69. The van der Waals surface area contributed by atoms with Crippen molar-refractivity contribution in [2.24, 2.45) is 0 Å². The number of nitrogens with two attached hydrogens (primary N) is 1. The van der Waals surface area contributed by atoms with E-state index in [4.69, 9.17) is 5.73 Å². The summed E-state index contributed by atoms with van der Waals surface area (Å²) < 4.78 is 1.66. The molecule has 0 amide bonds. The average molecular weight is 198 g/mol. The lowest BCUT2D eigenvalue weighted by Gasteiger charge is -2.04. The van der Waals surface area contributed by atoms with Gasteiger partial charge in [-0.15, -0.1) is 0 Å². The van der Waals surface area contributed by atoms with Gasteiger partial charge in [0.1, 0.15) is 0 Å². The molecule has 13 heavy (non-hydrogen) atoms. The first-order valence-corrected chi connectivity index (χ1v) is 5.59. The number of thioether (sulfide) groups is 1. The second-order valence-electron chi connectivity index (χ2n) is 2.81. The van der Waals surface area contributed by atoms with Crippen molar-refractivity contribution in [1.29, 1.82) is 0 Å². The molecule has 2 N–H and O–H groups in total. The summed E-state index contributed by atoms with van der Waals surface area (Å²) in [7, 11) is 0. The average Bonchev–Trinajstić information content (AvgIpc) is 2.13. The van der Waals surface area contributed by atoms with Gasteiger partial charge in [-0.1, -0.05) is 0 Å². The number of hydrogen-bond donors (Lipinski definition) is 1. The second-order valence-corrected chi connectivity index (χ2v) is 3.79. The Morgan fingerprint density at radius 1 is 1.62 bits per heavy atom. The van der Waals surface area contributed by atoms with Gasteiger partial charge in [0.15, 0.2) is 0 Å². The summed E-state index contributed by atoms with van der Waals surface area (Å²) in [6.07, 6.45) is 4.84. The van der Waals surface area contributed by atoms with Crippen molar-refractivity contribution in [2.75, 3.05) is 17.7 Å². The molecule has 0 aliphatic rings. The summed E-state index contributed by atoms with van der Waals surface area (Å²) in [5.74, 6) is 1.07. The lowest BCUT2D eigenvalue weighted by atomic mass is 10.4. The van der Waals surface area contributed by atoms with E-state index in [0.29, 0.717) is 5.69 Å². The molecule has 0 saturated heterocycles. The van der Waals surface area contributed by atoms with Crippen LogP contribution >= 0.6 is 11.8 Å². The molecule has 1 heterocycles. The second kappa shape index (κ2) is 4.97. The summed E-state index contributed by atoms with van der Waals surface area (Å²) in [6.45, 7) is 0.755. The minimum atomic E-state index is -0.0800. The van der Waals surface area contributed by atoms with Gasteiger partial charge in [-0.05, 0) is 30.6 Å². The molecule has 3 nitrogen and oxygen atoms in total. The van der Waals surface area contributed by atoms with Crippen molar-refractivity contribution in [1.82, 2.24) is 4.57 Å². The highest BCUT2D eigenvalue weighted by molar-refractivity contribution is 7.98. The van der Waals surface area contributed by atoms with Gasteiger partial charge in [0.2, 0.25) is 0 Å². The summed E-state index contributed by atoms with van der Waals surface area (Å²) in [6, 6.07) is 3.43. The van der Waals surface area contributed by atoms with Crippen molar-refractivity contribution in [2.45, 2.75) is 13.0 Å². The van der Waals surface area contributed by atoms with E-state index in [9.17, 15) is 4.79 Å². The molecule has 0 fully saturated rings. The first-order valence-electron chi connectivity index (χ1n) is 4.19. The SMILES string of the molecule is CSCCCn1cccc(N)c1=O. The van der Waals surface area contributed by atoms with Crippen molar-refractivity contribution < 1.29 is 0 Å². The standard InChI is InChI=1S/C9H14N2OS/c1-13-7-3-6-11-5-2-4-8(10)9(11)12/h2,4-5H,3,6-7,10H2,1H3. The van der Waals surface area contributed by atoms with Crippen molar-refractivity contribution in [3.63, 3.8) is 0 Å². The maximum Gasteiger partial charge on any atom is 0.273 e. The Hall–Kier alpha value is -0.900. The van der Waals surface area contributed by atoms with E-state index in [1.807, 2.05) is 0 Å². The molecule has 0 saturated carbocycles. The molecule has 0 aromatic carbocycles. The van der Waals surface area contributed by atoms with Gasteiger partial charge in [0, 0.05) is 12.7 Å². The Balaban J connectivity index is 2.67. The van der Waals surface area contributed by atoms with Crippen LogP contribution in [0.5, 0.6) is 0 Å². The van der Waals surface area contributed by atoms with Gasteiger partial charge in [-0.2, -0.15) is 11.8 Å². The summed E-state index contributed by atoms with van der Waals surface area (Å²) in [5.41, 5.74) is 5.73. The predicted molar refractivity (Wildman–Crippen MR) is 58.1 cm³/mol. The number of aromatic nitrogens is 1. The molecule has 0 unspecified atom stereocenters. The minimum absolute atomic E-state index is 0.0800.